The summed E-state index contributed by atoms with van der Waals surface area (Å²) in [7, 11) is 2.14. The number of fused-ring (bicyclic) bond motifs is 2. The Morgan fingerprint density at radius 3 is 2.67 bits per heavy atom. The Hall–Kier alpha value is -3.58. The molecular weight excluding hydrogens is 412 g/mol. The maximum Gasteiger partial charge on any atom is 0.246 e. The molecule has 0 spiro atoms. The first-order valence-electron chi connectivity index (χ1n) is 11.4. The maximum atomic E-state index is 11.9. The standard InChI is InChI=1S/C26H26N6O/c1-4-23(33)32-13-18(14-32)26-28-21-8-6-16(9-19(21)25(29-26)17-11-31(3)12-17)24-15(2)5-7-22-20(24)10-27-30-22/h4-10,17-18H,1,11-14H2,2-3H3,(H,27,30). The van der Waals surface area contributed by atoms with Crippen molar-refractivity contribution in [2.45, 2.75) is 18.8 Å². The zero-order valence-corrected chi connectivity index (χ0v) is 18.9. The van der Waals surface area contributed by atoms with Crippen molar-refractivity contribution in [1.29, 1.82) is 0 Å². The molecule has 0 radical (unpaired) electrons. The highest BCUT2D eigenvalue weighted by molar-refractivity contribution is 5.98. The van der Waals surface area contributed by atoms with E-state index in [9.17, 15) is 4.79 Å². The number of aromatic nitrogens is 4. The van der Waals surface area contributed by atoms with E-state index in [2.05, 4.69) is 66.0 Å². The lowest BCUT2D eigenvalue weighted by Crippen LogP contribution is -2.48. The summed E-state index contributed by atoms with van der Waals surface area (Å²) < 4.78 is 0. The van der Waals surface area contributed by atoms with E-state index in [1.54, 1.807) is 4.90 Å². The Labute approximate surface area is 192 Å². The molecule has 0 unspecified atom stereocenters. The summed E-state index contributed by atoms with van der Waals surface area (Å²) >= 11 is 0. The number of likely N-dealkylation sites (tertiary alicyclic amines) is 2. The number of nitrogens with zero attached hydrogens (tertiary/aromatic N) is 5. The van der Waals surface area contributed by atoms with Gasteiger partial charge in [0.1, 0.15) is 5.82 Å². The van der Waals surface area contributed by atoms with Gasteiger partial charge in [0.15, 0.2) is 0 Å². The fourth-order valence-electron chi connectivity index (χ4n) is 5.15. The van der Waals surface area contributed by atoms with Crippen LogP contribution in [-0.2, 0) is 4.79 Å². The van der Waals surface area contributed by atoms with Gasteiger partial charge in [0.2, 0.25) is 5.91 Å². The lowest BCUT2D eigenvalue weighted by atomic mass is 9.90. The number of hydrogen-bond donors (Lipinski definition) is 1. The van der Waals surface area contributed by atoms with E-state index in [0.717, 1.165) is 52.0 Å². The largest absolute Gasteiger partial charge is 0.338 e. The number of aryl methyl sites for hydroxylation is 1. The number of likely N-dealkylation sites (N-methyl/N-ethyl adjacent to an activating group) is 1. The second-order valence-electron chi connectivity index (χ2n) is 9.35. The first-order chi connectivity index (χ1) is 16.0. The molecule has 2 fully saturated rings. The van der Waals surface area contributed by atoms with Crippen LogP contribution >= 0.6 is 0 Å². The smallest absolute Gasteiger partial charge is 0.246 e. The minimum Gasteiger partial charge on any atom is -0.338 e. The fraction of sp³-hybridized carbons (Fsp3) is 0.308. The predicted octanol–water partition coefficient (Wildman–Crippen LogP) is 3.62. The molecular formula is C26H26N6O. The molecule has 4 aromatic rings. The number of rotatable bonds is 4. The molecule has 0 aliphatic carbocycles. The van der Waals surface area contributed by atoms with Crippen LogP contribution in [0.3, 0.4) is 0 Å². The molecule has 7 heteroatoms. The first kappa shape index (κ1) is 20.1. The number of H-pyrrole nitrogens is 1. The van der Waals surface area contributed by atoms with E-state index < -0.39 is 0 Å². The van der Waals surface area contributed by atoms with Crippen LogP contribution in [0, 0.1) is 6.92 Å². The highest BCUT2D eigenvalue weighted by atomic mass is 16.2. The molecule has 7 nitrogen and oxygen atoms in total. The van der Waals surface area contributed by atoms with Gasteiger partial charge in [-0.25, -0.2) is 9.97 Å². The van der Waals surface area contributed by atoms with Gasteiger partial charge in [-0.2, -0.15) is 5.10 Å². The quantitative estimate of drug-likeness (QED) is 0.493. The minimum absolute atomic E-state index is 0.0266. The zero-order valence-electron chi connectivity index (χ0n) is 18.9. The SMILES string of the molecule is C=CC(=O)N1CC(c2nc(C3CN(C)C3)c3cc(-c4c(C)ccc5[nH]ncc45)ccc3n2)C1. The van der Waals surface area contributed by atoms with Crippen LogP contribution in [0.25, 0.3) is 32.9 Å². The fourth-order valence-corrected chi connectivity index (χ4v) is 5.15. The number of aromatic amines is 1. The van der Waals surface area contributed by atoms with E-state index in [4.69, 9.17) is 9.97 Å². The van der Waals surface area contributed by atoms with Gasteiger partial charge in [0.25, 0.3) is 0 Å². The molecule has 2 aliphatic rings. The third-order valence-corrected chi connectivity index (χ3v) is 7.05. The molecule has 33 heavy (non-hydrogen) atoms. The highest BCUT2D eigenvalue weighted by Gasteiger charge is 2.35. The zero-order chi connectivity index (χ0) is 22.7. The number of hydrogen-bond acceptors (Lipinski definition) is 5. The summed E-state index contributed by atoms with van der Waals surface area (Å²) in [5, 5.41) is 9.57. The Bertz CT molecular complexity index is 1410. The number of carbonyl (C=O) groups is 1. The summed E-state index contributed by atoms with van der Waals surface area (Å²) in [6, 6.07) is 10.7. The Kier molecular flexibility index (Phi) is 4.55. The summed E-state index contributed by atoms with van der Waals surface area (Å²) in [6.45, 7) is 9.03. The molecule has 1 amide bonds. The van der Waals surface area contributed by atoms with Gasteiger partial charge < -0.3 is 9.80 Å². The lowest BCUT2D eigenvalue weighted by molar-refractivity contribution is -0.130. The van der Waals surface area contributed by atoms with Gasteiger partial charge >= 0.3 is 0 Å². The van der Waals surface area contributed by atoms with Crippen LogP contribution in [-0.4, -0.2) is 69.1 Å². The predicted molar refractivity (Wildman–Crippen MR) is 129 cm³/mol. The summed E-state index contributed by atoms with van der Waals surface area (Å²) in [4.78, 5) is 26.0. The van der Waals surface area contributed by atoms with Gasteiger partial charge in [0, 0.05) is 42.9 Å². The summed E-state index contributed by atoms with van der Waals surface area (Å²) in [5.41, 5.74) is 6.70. The van der Waals surface area contributed by atoms with Crippen LogP contribution in [0.1, 0.15) is 28.9 Å². The molecule has 4 heterocycles. The van der Waals surface area contributed by atoms with Crippen LogP contribution in [0.15, 0.2) is 49.2 Å². The second-order valence-corrected chi connectivity index (χ2v) is 9.35. The average molecular weight is 439 g/mol. The molecule has 2 saturated heterocycles. The van der Waals surface area contributed by atoms with E-state index in [-0.39, 0.29) is 11.8 Å². The summed E-state index contributed by atoms with van der Waals surface area (Å²) in [6.07, 6.45) is 3.27. The Morgan fingerprint density at radius 2 is 1.91 bits per heavy atom. The number of nitrogens with one attached hydrogen (secondary N) is 1. The molecule has 2 aliphatic heterocycles. The van der Waals surface area contributed by atoms with E-state index in [1.807, 2.05) is 6.20 Å². The molecule has 0 bridgehead atoms. The van der Waals surface area contributed by atoms with Crippen molar-refractivity contribution in [1.82, 2.24) is 30.0 Å². The molecule has 1 N–H and O–H groups in total. The lowest BCUT2D eigenvalue weighted by Gasteiger charge is -2.39. The van der Waals surface area contributed by atoms with Crippen molar-refractivity contribution in [3.05, 3.63) is 66.3 Å². The molecule has 166 valence electrons. The van der Waals surface area contributed by atoms with Crippen LogP contribution in [0.2, 0.25) is 0 Å². The number of benzene rings is 2. The van der Waals surface area contributed by atoms with Crippen molar-refractivity contribution in [2.75, 3.05) is 33.2 Å². The van der Waals surface area contributed by atoms with Crippen molar-refractivity contribution in [2.24, 2.45) is 0 Å². The molecule has 6 rings (SSSR count). The van der Waals surface area contributed by atoms with Gasteiger partial charge in [-0.15, -0.1) is 0 Å². The first-order valence-corrected chi connectivity index (χ1v) is 11.4. The molecule has 0 saturated carbocycles. The second kappa shape index (κ2) is 7.49. The Balaban J connectivity index is 1.45. The van der Waals surface area contributed by atoms with Crippen LogP contribution in [0.5, 0.6) is 0 Å². The van der Waals surface area contributed by atoms with Gasteiger partial charge in [-0.05, 0) is 54.9 Å². The third-order valence-electron chi connectivity index (χ3n) is 7.05. The van der Waals surface area contributed by atoms with E-state index in [1.165, 1.54) is 17.2 Å². The highest BCUT2D eigenvalue weighted by Crippen LogP contribution is 2.37. The Morgan fingerprint density at radius 1 is 1.09 bits per heavy atom. The van der Waals surface area contributed by atoms with Crippen molar-refractivity contribution in [3.8, 4) is 11.1 Å². The van der Waals surface area contributed by atoms with Crippen LogP contribution in [0.4, 0.5) is 0 Å². The van der Waals surface area contributed by atoms with Crippen molar-refractivity contribution >= 4 is 27.7 Å². The number of carbonyl (C=O) groups excluding carboxylic acids is 1. The average Bonchev–Trinajstić information content (AvgIpc) is 3.23. The van der Waals surface area contributed by atoms with Gasteiger partial charge in [-0.1, -0.05) is 18.7 Å². The normalized spacial score (nSPS) is 17.3. The molecule has 2 aromatic heterocycles. The minimum atomic E-state index is -0.0266. The monoisotopic (exact) mass is 438 g/mol. The number of amides is 1. The topological polar surface area (TPSA) is 78.0 Å². The maximum absolute atomic E-state index is 11.9. The van der Waals surface area contributed by atoms with Crippen molar-refractivity contribution < 1.29 is 4.79 Å². The van der Waals surface area contributed by atoms with E-state index in [0.29, 0.717) is 19.0 Å². The van der Waals surface area contributed by atoms with Gasteiger partial charge in [0.05, 0.1) is 28.8 Å². The third kappa shape index (κ3) is 3.23. The van der Waals surface area contributed by atoms with Crippen LogP contribution < -0.4 is 0 Å². The molecule has 2 aromatic carbocycles. The van der Waals surface area contributed by atoms with Crippen molar-refractivity contribution in [3.63, 3.8) is 0 Å². The van der Waals surface area contributed by atoms with Gasteiger partial charge in [-0.3, -0.25) is 9.89 Å². The summed E-state index contributed by atoms with van der Waals surface area (Å²) in [5.74, 6) is 1.39. The van der Waals surface area contributed by atoms with E-state index >= 15 is 0 Å². The molecule has 0 atom stereocenters.